The van der Waals surface area contributed by atoms with Crippen LogP contribution in [0.5, 0.6) is 0 Å². The second kappa shape index (κ2) is 8.48. The van der Waals surface area contributed by atoms with Gasteiger partial charge in [0.2, 0.25) is 0 Å². The molecule has 6 nitrogen and oxygen atoms in total. The molecule has 0 aliphatic heterocycles. The quantitative estimate of drug-likeness (QED) is 0.515. The summed E-state index contributed by atoms with van der Waals surface area (Å²) in [5.74, 6) is -0.269. The average molecular weight is 368 g/mol. The summed E-state index contributed by atoms with van der Waals surface area (Å²) >= 11 is 0. The molecule has 0 saturated carbocycles. The van der Waals surface area contributed by atoms with Gasteiger partial charge in [-0.15, -0.1) is 0 Å². The van der Waals surface area contributed by atoms with E-state index in [4.69, 9.17) is 10.5 Å². The minimum absolute atomic E-state index is 0.0676. The Hall–Kier alpha value is -4.16. The summed E-state index contributed by atoms with van der Waals surface area (Å²) in [6.07, 6.45) is 3.18. The minimum Gasteiger partial charge on any atom is -0.360 e. The maximum absolute atomic E-state index is 11.5. The summed E-state index contributed by atoms with van der Waals surface area (Å²) in [4.78, 5) is 28.9. The third-order valence-corrected chi connectivity index (χ3v) is 4.26. The molecule has 28 heavy (non-hydrogen) atoms. The number of nitrogens with one attached hydrogen (secondary N) is 2. The van der Waals surface area contributed by atoms with Gasteiger partial charge >= 0.3 is 0 Å². The topological polar surface area (TPSA) is 113 Å². The number of hydrogen-bond donors (Lipinski definition) is 2. The maximum Gasteiger partial charge on any atom is 0.179 e. The Balaban J connectivity index is 0.000000161. The van der Waals surface area contributed by atoms with Gasteiger partial charge in [0.25, 0.3) is 0 Å². The molecule has 2 aromatic carbocycles. The van der Waals surface area contributed by atoms with E-state index in [9.17, 15) is 9.59 Å². The number of aromatic nitrogens is 2. The van der Waals surface area contributed by atoms with Crippen molar-refractivity contribution in [3.8, 4) is 12.1 Å². The first-order valence-electron chi connectivity index (χ1n) is 8.58. The monoisotopic (exact) mass is 368 g/mol. The number of nitrogens with zero attached hydrogens (tertiary/aromatic N) is 2. The summed E-state index contributed by atoms with van der Waals surface area (Å²) in [5.41, 5.74) is 3.05. The highest BCUT2D eigenvalue weighted by Crippen LogP contribution is 2.19. The fourth-order valence-corrected chi connectivity index (χ4v) is 2.94. The molecule has 0 saturated heterocycles. The highest BCUT2D eigenvalue weighted by molar-refractivity contribution is 6.09. The van der Waals surface area contributed by atoms with Gasteiger partial charge in [-0.1, -0.05) is 36.4 Å². The van der Waals surface area contributed by atoms with Crippen molar-refractivity contribution in [2.24, 2.45) is 0 Å². The number of carbonyl (C=O) groups is 2. The van der Waals surface area contributed by atoms with E-state index in [1.165, 1.54) is 0 Å². The molecule has 0 aliphatic rings. The van der Waals surface area contributed by atoms with E-state index in [-0.39, 0.29) is 24.4 Å². The first-order chi connectivity index (χ1) is 13.7. The van der Waals surface area contributed by atoms with Gasteiger partial charge in [-0.05, 0) is 12.1 Å². The van der Waals surface area contributed by atoms with E-state index in [2.05, 4.69) is 9.97 Å². The zero-order chi connectivity index (χ0) is 19.9. The lowest BCUT2D eigenvalue weighted by Gasteiger charge is -1.92. The van der Waals surface area contributed by atoms with Crippen LogP contribution in [0.25, 0.3) is 21.8 Å². The van der Waals surface area contributed by atoms with E-state index in [1.54, 1.807) is 12.4 Å². The molecule has 6 heteroatoms. The summed E-state index contributed by atoms with van der Waals surface area (Å²) < 4.78 is 0. The number of fused-ring (bicyclic) bond motifs is 2. The minimum atomic E-state index is -0.134. The van der Waals surface area contributed by atoms with Crippen LogP contribution in [0.15, 0.2) is 60.9 Å². The maximum atomic E-state index is 11.5. The Labute approximate surface area is 161 Å². The Morgan fingerprint density at radius 3 is 1.50 bits per heavy atom. The lowest BCUT2D eigenvalue weighted by Crippen LogP contribution is -1.95. The smallest absolute Gasteiger partial charge is 0.179 e. The van der Waals surface area contributed by atoms with Crippen molar-refractivity contribution >= 4 is 33.4 Å². The Kier molecular flexibility index (Phi) is 5.64. The molecular formula is C22H16N4O2. The van der Waals surface area contributed by atoms with Gasteiger partial charge < -0.3 is 9.97 Å². The third-order valence-electron chi connectivity index (χ3n) is 4.26. The second-order valence-corrected chi connectivity index (χ2v) is 6.01. The van der Waals surface area contributed by atoms with Crippen molar-refractivity contribution in [2.75, 3.05) is 0 Å². The number of benzene rings is 2. The van der Waals surface area contributed by atoms with Gasteiger partial charge in [-0.25, -0.2) is 0 Å². The highest BCUT2D eigenvalue weighted by atomic mass is 16.1. The summed E-state index contributed by atoms with van der Waals surface area (Å²) in [5, 5.41) is 18.6. The van der Waals surface area contributed by atoms with E-state index in [1.807, 2.05) is 60.7 Å². The molecule has 0 radical (unpaired) electrons. The molecule has 0 bridgehead atoms. The average Bonchev–Trinajstić information content (AvgIpc) is 3.33. The van der Waals surface area contributed by atoms with Crippen LogP contribution in [0.1, 0.15) is 33.6 Å². The molecule has 0 fully saturated rings. The molecule has 0 atom stereocenters. The zero-order valence-electron chi connectivity index (χ0n) is 14.9. The number of rotatable bonds is 4. The predicted molar refractivity (Wildman–Crippen MR) is 106 cm³/mol. The van der Waals surface area contributed by atoms with Crippen LogP contribution in [0.3, 0.4) is 0 Å². The summed E-state index contributed by atoms with van der Waals surface area (Å²) in [6.45, 7) is 0. The zero-order valence-corrected chi connectivity index (χ0v) is 14.9. The number of H-pyrrole nitrogens is 2. The number of aromatic amines is 2. The van der Waals surface area contributed by atoms with Crippen LogP contribution in [0, 0.1) is 22.7 Å². The number of hydrogen-bond acceptors (Lipinski definition) is 4. The molecule has 2 heterocycles. The van der Waals surface area contributed by atoms with Crippen molar-refractivity contribution in [1.82, 2.24) is 9.97 Å². The molecule has 0 amide bonds. The second-order valence-electron chi connectivity index (χ2n) is 6.01. The molecule has 2 N–H and O–H groups in total. The fourth-order valence-electron chi connectivity index (χ4n) is 2.94. The van der Waals surface area contributed by atoms with E-state index >= 15 is 0 Å². The van der Waals surface area contributed by atoms with Gasteiger partial charge in [0.05, 0.1) is 25.0 Å². The molecule has 0 unspecified atom stereocenters. The number of Topliss-reactive ketones (excluding diaryl/α,β-unsaturated/α-hetero) is 2. The lowest BCUT2D eigenvalue weighted by molar-refractivity contribution is 0.0991. The van der Waals surface area contributed by atoms with Crippen molar-refractivity contribution in [1.29, 1.82) is 10.5 Å². The SMILES string of the molecule is N#CCC(=O)c1c[nH]c2ccccc12.N#CCC(=O)c1c[nH]c2ccccc12. The number of para-hydroxylation sites is 2. The molecule has 0 spiro atoms. The van der Waals surface area contributed by atoms with Crippen molar-refractivity contribution < 1.29 is 9.59 Å². The fraction of sp³-hybridized carbons (Fsp3) is 0.0909. The van der Waals surface area contributed by atoms with Gasteiger partial charge in [-0.2, -0.15) is 10.5 Å². The molecule has 0 aliphatic carbocycles. The first kappa shape index (κ1) is 18.6. The normalized spacial score (nSPS) is 9.93. The van der Waals surface area contributed by atoms with Crippen LogP contribution in [-0.2, 0) is 0 Å². The molecular weight excluding hydrogens is 352 g/mol. The van der Waals surface area contributed by atoms with E-state index in [0.29, 0.717) is 11.1 Å². The van der Waals surface area contributed by atoms with Gasteiger partial charge in [0.1, 0.15) is 0 Å². The van der Waals surface area contributed by atoms with Crippen LogP contribution in [-0.4, -0.2) is 21.5 Å². The van der Waals surface area contributed by atoms with Crippen molar-refractivity contribution in [3.05, 3.63) is 72.1 Å². The van der Waals surface area contributed by atoms with E-state index < -0.39 is 0 Å². The summed E-state index contributed by atoms with van der Waals surface area (Å²) in [6, 6.07) is 18.8. The van der Waals surface area contributed by atoms with Gasteiger partial charge in [0.15, 0.2) is 11.6 Å². The van der Waals surface area contributed by atoms with E-state index in [0.717, 1.165) is 21.8 Å². The van der Waals surface area contributed by atoms with Crippen LogP contribution >= 0.6 is 0 Å². The molecule has 4 aromatic rings. The van der Waals surface area contributed by atoms with Gasteiger partial charge in [-0.3, -0.25) is 9.59 Å². The Morgan fingerprint density at radius 2 is 1.11 bits per heavy atom. The van der Waals surface area contributed by atoms with Gasteiger partial charge in [0, 0.05) is 45.3 Å². The number of ketones is 2. The molecule has 136 valence electrons. The first-order valence-corrected chi connectivity index (χ1v) is 8.58. The Bertz CT molecular complexity index is 1140. The number of carbonyl (C=O) groups excluding carboxylic acids is 2. The standard InChI is InChI=1S/2C11H8N2O/c2*12-6-5-11(14)9-7-13-10-4-2-1-3-8(9)10/h2*1-4,7,13H,5H2. The summed E-state index contributed by atoms with van der Waals surface area (Å²) in [7, 11) is 0. The molecule has 4 rings (SSSR count). The highest BCUT2D eigenvalue weighted by Gasteiger charge is 2.11. The van der Waals surface area contributed by atoms with Crippen LogP contribution in [0.4, 0.5) is 0 Å². The van der Waals surface area contributed by atoms with Crippen molar-refractivity contribution in [3.63, 3.8) is 0 Å². The third kappa shape index (κ3) is 3.82. The lowest BCUT2D eigenvalue weighted by atomic mass is 10.1. The largest absolute Gasteiger partial charge is 0.360 e. The Morgan fingerprint density at radius 1 is 0.714 bits per heavy atom. The van der Waals surface area contributed by atoms with Crippen LogP contribution < -0.4 is 0 Å². The predicted octanol–water partition coefficient (Wildman–Crippen LogP) is 4.53. The number of nitriles is 2. The van der Waals surface area contributed by atoms with Crippen molar-refractivity contribution in [2.45, 2.75) is 12.8 Å². The molecule has 2 aromatic heterocycles. The van der Waals surface area contributed by atoms with Crippen LogP contribution in [0.2, 0.25) is 0 Å².